The maximum absolute atomic E-state index is 10.6. The van der Waals surface area contributed by atoms with Crippen molar-refractivity contribution in [2.45, 2.75) is 0 Å². The summed E-state index contributed by atoms with van der Waals surface area (Å²) in [5, 5.41) is 8.70. The molecule has 1 unspecified atom stereocenters. The second-order valence-corrected chi connectivity index (χ2v) is 5.93. The minimum atomic E-state index is -1.04. The third kappa shape index (κ3) is 2.74. The van der Waals surface area contributed by atoms with Gasteiger partial charge in [-0.15, -0.1) is 0 Å². The van der Waals surface area contributed by atoms with Crippen molar-refractivity contribution in [2.75, 3.05) is 0 Å². The van der Waals surface area contributed by atoms with Gasteiger partial charge >= 0.3 is 100 Å². The summed E-state index contributed by atoms with van der Waals surface area (Å²) in [5.74, 6) is 0. The molecule has 0 fully saturated rings. The second kappa shape index (κ2) is 5.00. The Morgan fingerprint density at radius 1 is 1.00 bits per heavy atom. The Balaban J connectivity index is 2.23. The zero-order valence-corrected chi connectivity index (χ0v) is 10.6. The fraction of sp³-hybridized carbons (Fsp3) is 0. The monoisotopic (exact) mass is 273 g/mol. The van der Waals surface area contributed by atoms with Gasteiger partial charge in [-0.3, -0.25) is 0 Å². The van der Waals surface area contributed by atoms with E-state index in [1.54, 1.807) is 0 Å². The molecule has 2 rings (SSSR count). The molecule has 0 spiro atoms. The molecule has 16 heavy (non-hydrogen) atoms. The quantitative estimate of drug-likeness (QED) is 0.867. The van der Waals surface area contributed by atoms with Crippen molar-refractivity contribution in [2.24, 2.45) is 0 Å². The van der Waals surface area contributed by atoms with Crippen molar-refractivity contribution < 1.29 is 9.90 Å². The molecular weight excluding hydrogens is 263 g/mol. The Hall–Kier alpha value is -1.53. The average Bonchev–Trinajstić information content (AvgIpc) is 2.30. The Kier molecular flexibility index (Phi) is 3.43. The van der Waals surface area contributed by atoms with Gasteiger partial charge in [0.2, 0.25) is 0 Å². The summed E-state index contributed by atoms with van der Waals surface area (Å²) in [4.78, 5) is 10.6. The van der Waals surface area contributed by atoms with Gasteiger partial charge in [0.05, 0.1) is 0 Å². The summed E-state index contributed by atoms with van der Waals surface area (Å²) in [5.41, 5.74) is 2.23. The van der Waals surface area contributed by atoms with Crippen molar-refractivity contribution in [3.05, 3.63) is 54.6 Å². The van der Waals surface area contributed by atoms with Gasteiger partial charge in [0.25, 0.3) is 0 Å². The first-order valence-electron chi connectivity index (χ1n) is 4.82. The van der Waals surface area contributed by atoms with Crippen LogP contribution in [0.4, 0.5) is 4.79 Å². The Bertz CT molecular complexity index is 477. The van der Waals surface area contributed by atoms with Gasteiger partial charge in [-0.1, -0.05) is 0 Å². The van der Waals surface area contributed by atoms with Crippen LogP contribution in [0.15, 0.2) is 48.5 Å². The van der Waals surface area contributed by atoms with Gasteiger partial charge in [-0.25, -0.2) is 0 Å². The van der Waals surface area contributed by atoms with Crippen molar-refractivity contribution >= 4 is 24.9 Å². The van der Waals surface area contributed by atoms with E-state index in [1.165, 1.54) is 0 Å². The summed E-state index contributed by atoms with van der Waals surface area (Å²) in [6.45, 7) is 0. The molecule has 0 heterocycles. The van der Waals surface area contributed by atoms with E-state index in [4.69, 9.17) is 5.11 Å². The summed E-state index contributed by atoms with van der Waals surface area (Å²) in [6.07, 6.45) is 0. The molecule has 0 bridgehead atoms. The van der Waals surface area contributed by atoms with Gasteiger partial charge < -0.3 is 0 Å². The van der Waals surface area contributed by atoms with Gasteiger partial charge in [0.1, 0.15) is 0 Å². The fourth-order valence-electron chi connectivity index (χ4n) is 1.45. The molecule has 1 N–H and O–H groups in total. The van der Waals surface area contributed by atoms with Crippen molar-refractivity contribution in [3.8, 4) is 11.1 Å². The van der Waals surface area contributed by atoms with Gasteiger partial charge in [0.15, 0.2) is 0 Å². The van der Waals surface area contributed by atoms with E-state index in [0.717, 1.165) is 15.5 Å². The normalized spacial score (nSPS) is 10.8. The van der Waals surface area contributed by atoms with Crippen molar-refractivity contribution in [1.29, 1.82) is 0 Å². The molecule has 2 nitrogen and oxygen atoms in total. The predicted octanol–water partition coefficient (Wildman–Crippen LogP) is 1.89. The van der Waals surface area contributed by atoms with Crippen LogP contribution in [-0.4, -0.2) is 25.6 Å². The molecule has 0 amide bonds. The summed E-state index contributed by atoms with van der Waals surface area (Å²) >= 11 is -1.04. The van der Waals surface area contributed by atoms with Gasteiger partial charge in [0, 0.05) is 0 Å². The SMILES string of the molecule is O=C(O)[AsH]c1ccc(-c2cc[c]cc2)cc1. The van der Waals surface area contributed by atoms with Crippen LogP contribution in [-0.2, 0) is 0 Å². The molecule has 1 radical (unpaired) electrons. The molecule has 79 valence electrons. The molecule has 0 aromatic heterocycles. The number of benzene rings is 2. The van der Waals surface area contributed by atoms with E-state index in [0.29, 0.717) is 0 Å². The number of hydrogen-bond donors (Lipinski definition) is 1. The Morgan fingerprint density at radius 2 is 1.56 bits per heavy atom. The number of carbonyl (C=O) groups is 1. The van der Waals surface area contributed by atoms with Crippen LogP contribution >= 0.6 is 0 Å². The zero-order chi connectivity index (χ0) is 11.4. The number of hydrogen-bond acceptors (Lipinski definition) is 1. The molecule has 0 saturated heterocycles. The molecule has 2 aromatic carbocycles. The topological polar surface area (TPSA) is 37.3 Å². The molecular formula is C13H10AsO2. The van der Waals surface area contributed by atoms with Crippen LogP contribution in [0.25, 0.3) is 11.1 Å². The summed E-state index contributed by atoms with van der Waals surface area (Å²) < 4.78 is 0.265. The predicted molar refractivity (Wildman–Crippen MR) is 65.5 cm³/mol. The molecule has 1 atom stereocenters. The van der Waals surface area contributed by atoms with Crippen LogP contribution in [0.1, 0.15) is 0 Å². The first-order valence-corrected chi connectivity index (χ1v) is 6.92. The Labute approximate surface area is 101 Å². The number of carboxylic acid groups (broad SMARTS) is 1. The molecule has 3 heteroatoms. The first kappa shape index (κ1) is 11.0. The Morgan fingerprint density at radius 3 is 2.12 bits per heavy atom. The minimum absolute atomic E-state index is 0.679. The summed E-state index contributed by atoms with van der Waals surface area (Å²) in [7, 11) is 0. The standard InChI is InChI=1S/C13H10AsO2/c15-13(16)14-12-8-6-11(7-9-12)10-4-2-1-3-5-10/h2-9,14H,(H,15,16). The zero-order valence-electron chi connectivity index (χ0n) is 8.47. The first-order chi connectivity index (χ1) is 7.75. The molecule has 0 aliphatic carbocycles. The molecule has 0 aliphatic heterocycles. The number of rotatable bonds is 3. The van der Waals surface area contributed by atoms with Crippen molar-refractivity contribution in [3.63, 3.8) is 0 Å². The second-order valence-electron chi connectivity index (χ2n) is 3.30. The van der Waals surface area contributed by atoms with E-state index in [2.05, 4.69) is 6.07 Å². The summed E-state index contributed by atoms with van der Waals surface area (Å²) in [6, 6.07) is 18.4. The molecule has 0 saturated carbocycles. The average molecular weight is 273 g/mol. The fourth-order valence-corrected chi connectivity index (χ4v) is 2.67. The van der Waals surface area contributed by atoms with E-state index in [9.17, 15) is 4.79 Å². The van der Waals surface area contributed by atoms with E-state index < -0.39 is 20.5 Å². The van der Waals surface area contributed by atoms with Crippen LogP contribution in [0.2, 0.25) is 0 Å². The van der Waals surface area contributed by atoms with Crippen LogP contribution in [0, 0.1) is 6.07 Å². The van der Waals surface area contributed by atoms with Crippen LogP contribution < -0.4 is 4.35 Å². The third-order valence-corrected chi connectivity index (χ3v) is 3.94. The van der Waals surface area contributed by atoms with Crippen molar-refractivity contribution in [1.82, 2.24) is 0 Å². The van der Waals surface area contributed by atoms with E-state index in [-0.39, 0.29) is 0 Å². The van der Waals surface area contributed by atoms with Gasteiger partial charge in [-0.2, -0.15) is 0 Å². The third-order valence-electron chi connectivity index (χ3n) is 2.19. The van der Waals surface area contributed by atoms with Crippen LogP contribution in [0.5, 0.6) is 0 Å². The maximum atomic E-state index is 10.6. The van der Waals surface area contributed by atoms with E-state index >= 15 is 0 Å². The van der Waals surface area contributed by atoms with Crippen LogP contribution in [0.3, 0.4) is 0 Å². The van der Waals surface area contributed by atoms with E-state index in [1.807, 2.05) is 48.5 Å². The molecule has 0 aliphatic rings. The van der Waals surface area contributed by atoms with Gasteiger partial charge in [-0.05, 0) is 0 Å². The molecule has 2 aromatic rings.